The highest BCUT2D eigenvalue weighted by atomic mass is 32.1. The summed E-state index contributed by atoms with van der Waals surface area (Å²) in [7, 11) is 0. The molecule has 112 valence electrons. The first-order valence-corrected chi connectivity index (χ1v) is 8.08. The molecule has 0 aliphatic rings. The van der Waals surface area contributed by atoms with Crippen LogP contribution in [0.5, 0.6) is 0 Å². The summed E-state index contributed by atoms with van der Waals surface area (Å²) in [5.74, 6) is 1.61. The van der Waals surface area contributed by atoms with Gasteiger partial charge in [0.05, 0.1) is 10.7 Å². The number of benzene rings is 1. The third-order valence-corrected chi connectivity index (χ3v) is 4.22. The lowest BCUT2D eigenvalue weighted by Gasteiger charge is -2.15. The molecule has 2 heterocycles. The maximum absolute atomic E-state index is 4.55. The molecule has 0 radical (unpaired) electrons. The lowest BCUT2D eigenvalue weighted by molar-refractivity contribution is 0.867. The van der Waals surface area contributed by atoms with Gasteiger partial charge in [-0.15, -0.1) is 11.3 Å². The fraction of sp³-hybridized carbons (Fsp3) is 0.235. The van der Waals surface area contributed by atoms with Gasteiger partial charge in [0.25, 0.3) is 0 Å². The predicted molar refractivity (Wildman–Crippen MR) is 91.1 cm³/mol. The number of nitrogens with one attached hydrogen (secondary N) is 1. The summed E-state index contributed by atoms with van der Waals surface area (Å²) in [5, 5.41) is 6.60. The third kappa shape index (κ3) is 3.31. The van der Waals surface area contributed by atoms with Crippen LogP contribution in [0.4, 0.5) is 5.82 Å². The largest absolute Gasteiger partial charge is 0.363 e. The van der Waals surface area contributed by atoms with Crippen molar-refractivity contribution < 1.29 is 0 Å². The fourth-order valence-electron chi connectivity index (χ4n) is 2.31. The molecule has 0 aliphatic carbocycles. The maximum Gasteiger partial charge on any atom is 0.130 e. The minimum absolute atomic E-state index is 0.161. The van der Waals surface area contributed by atoms with Gasteiger partial charge in [0, 0.05) is 23.2 Å². The first-order valence-electron chi connectivity index (χ1n) is 7.20. The standard InChI is InChI=1S/C17H18N4S/c1-11(19-17-7-8-18-12(2)20-17)14-5-4-6-15(9-14)16-10-22-13(3)21-16/h4-11H,1-3H3,(H,18,19,20). The van der Waals surface area contributed by atoms with Gasteiger partial charge in [-0.3, -0.25) is 0 Å². The summed E-state index contributed by atoms with van der Waals surface area (Å²) in [6, 6.07) is 10.5. The van der Waals surface area contributed by atoms with Crippen molar-refractivity contribution in [2.75, 3.05) is 5.32 Å². The molecule has 1 N–H and O–H groups in total. The zero-order valence-electron chi connectivity index (χ0n) is 12.9. The molecule has 0 bridgehead atoms. The van der Waals surface area contributed by atoms with E-state index in [0.29, 0.717) is 0 Å². The Bertz CT molecular complexity index is 782. The van der Waals surface area contributed by atoms with E-state index in [0.717, 1.165) is 27.9 Å². The number of aromatic nitrogens is 3. The lowest BCUT2D eigenvalue weighted by Crippen LogP contribution is -2.08. The molecular formula is C17H18N4S. The molecule has 3 rings (SSSR count). The van der Waals surface area contributed by atoms with Crippen LogP contribution in [-0.4, -0.2) is 15.0 Å². The van der Waals surface area contributed by atoms with E-state index in [1.165, 1.54) is 5.56 Å². The van der Waals surface area contributed by atoms with Crippen LogP contribution in [0, 0.1) is 13.8 Å². The summed E-state index contributed by atoms with van der Waals surface area (Å²) >= 11 is 1.67. The summed E-state index contributed by atoms with van der Waals surface area (Å²) in [4.78, 5) is 13.1. The summed E-state index contributed by atoms with van der Waals surface area (Å²) in [6.07, 6.45) is 1.77. The van der Waals surface area contributed by atoms with Crippen molar-refractivity contribution in [1.82, 2.24) is 15.0 Å². The summed E-state index contributed by atoms with van der Waals surface area (Å²) < 4.78 is 0. The van der Waals surface area contributed by atoms with Crippen molar-refractivity contribution in [3.05, 3.63) is 58.3 Å². The van der Waals surface area contributed by atoms with Crippen molar-refractivity contribution in [3.63, 3.8) is 0 Å². The Balaban J connectivity index is 1.82. The van der Waals surface area contributed by atoms with Crippen LogP contribution < -0.4 is 5.32 Å². The van der Waals surface area contributed by atoms with Crippen molar-refractivity contribution in [1.29, 1.82) is 0 Å². The molecule has 0 spiro atoms. The van der Waals surface area contributed by atoms with Crippen molar-refractivity contribution in [3.8, 4) is 11.3 Å². The second kappa shape index (κ2) is 6.23. The number of anilines is 1. The molecule has 0 fully saturated rings. The predicted octanol–water partition coefficient (Wildman–Crippen LogP) is 4.39. The minimum Gasteiger partial charge on any atom is -0.363 e. The zero-order chi connectivity index (χ0) is 15.5. The maximum atomic E-state index is 4.55. The SMILES string of the molecule is Cc1nccc(NC(C)c2cccc(-c3csc(C)n3)c2)n1. The van der Waals surface area contributed by atoms with E-state index in [1.54, 1.807) is 17.5 Å². The van der Waals surface area contributed by atoms with Crippen LogP contribution >= 0.6 is 11.3 Å². The third-order valence-electron chi connectivity index (χ3n) is 3.44. The van der Waals surface area contributed by atoms with E-state index in [2.05, 4.69) is 56.8 Å². The second-order valence-corrected chi connectivity index (χ2v) is 6.29. The van der Waals surface area contributed by atoms with Gasteiger partial charge < -0.3 is 5.32 Å². The highest BCUT2D eigenvalue weighted by molar-refractivity contribution is 7.09. The van der Waals surface area contributed by atoms with Crippen LogP contribution in [0.1, 0.15) is 29.4 Å². The Morgan fingerprint density at radius 2 is 2.00 bits per heavy atom. The number of aryl methyl sites for hydroxylation is 2. The van der Waals surface area contributed by atoms with Gasteiger partial charge in [-0.25, -0.2) is 15.0 Å². The van der Waals surface area contributed by atoms with Crippen LogP contribution in [0.2, 0.25) is 0 Å². The smallest absolute Gasteiger partial charge is 0.130 e. The van der Waals surface area contributed by atoms with Crippen molar-refractivity contribution >= 4 is 17.2 Å². The van der Waals surface area contributed by atoms with E-state index in [9.17, 15) is 0 Å². The summed E-state index contributed by atoms with van der Waals surface area (Å²) in [5.41, 5.74) is 3.39. The average Bonchev–Trinajstić information content (AvgIpc) is 2.94. The molecule has 22 heavy (non-hydrogen) atoms. The Kier molecular flexibility index (Phi) is 4.15. The van der Waals surface area contributed by atoms with Gasteiger partial charge in [-0.1, -0.05) is 18.2 Å². The van der Waals surface area contributed by atoms with Gasteiger partial charge in [-0.05, 0) is 38.5 Å². The molecule has 1 aromatic carbocycles. The molecule has 4 nitrogen and oxygen atoms in total. The Labute approximate surface area is 134 Å². The minimum atomic E-state index is 0.161. The van der Waals surface area contributed by atoms with E-state index >= 15 is 0 Å². The molecule has 0 aliphatic heterocycles. The average molecular weight is 310 g/mol. The zero-order valence-corrected chi connectivity index (χ0v) is 13.7. The lowest BCUT2D eigenvalue weighted by atomic mass is 10.0. The summed E-state index contributed by atoms with van der Waals surface area (Å²) in [6.45, 7) is 6.05. The van der Waals surface area contributed by atoms with E-state index in [-0.39, 0.29) is 6.04 Å². The second-order valence-electron chi connectivity index (χ2n) is 5.23. The van der Waals surface area contributed by atoms with Crippen molar-refractivity contribution in [2.24, 2.45) is 0 Å². The van der Waals surface area contributed by atoms with E-state index in [1.807, 2.05) is 19.9 Å². The molecule has 1 atom stereocenters. The van der Waals surface area contributed by atoms with Crippen LogP contribution in [0.25, 0.3) is 11.3 Å². The first kappa shape index (κ1) is 14.7. The molecule has 0 saturated carbocycles. The molecule has 0 amide bonds. The molecule has 3 aromatic rings. The quantitative estimate of drug-likeness (QED) is 0.776. The molecule has 1 unspecified atom stereocenters. The van der Waals surface area contributed by atoms with Gasteiger partial charge in [0.2, 0.25) is 0 Å². The van der Waals surface area contributed by atoms with Crippen LogP contribution in [0.3, 0.4) is 0 Å². The fourth-order valence-corrected chi connectivity index (χ4v) is 2.93. The Hall–Kier alpha value is -2.27. The highest BCUT2D eigenvalue weighted by Gasteiger charge is 2.09. The topological polar surface area (TPSA) is 50.7 Å². The normalized spacial score (nSPS) is 12.1. The van der Waals surface area contributed by atoms with E-state index < -0.39 is 0 Å². The number of hydrogen-bond acceptors (Lipinski definition) is 5. The van der Waals surface area contributed by atoms with Gasteiger partial charge >= 0.3 is 0 Å². The molecule has 5 heteroatoms. The number of rotatable bonds is 4. The Morgan fingerprint density at radius 1 is 1.14 bits per heavy atom. The molecular weight excluding hydrogens is 292 g/mol. The van der Waals surface area contributed by atoms with Gasteiger partial charge in [-0.2, -0.15) is 0 Å². The Morgan fingerprint density at radius 3 is 2.73 bits per heavy atom. The molecule has 0 saturated heterocycles. The van der Waals surface area contributed by atoms with Gasteiger partial charge in [0.1, 0.15) is 11.6 Å². The monoisotopic (exact) mass is 310 g/mol. The van der Waals surface area contributed by atoms with Crippen LogP contribution in [-0.2, 0) is 0 Å². The number of thiazole rings is 1. The number of hydrogen-bond donors (Lipinski definition) is 1. The number of nitrogens with zero attached hydrogens (tertiary/aromatic N) is 3. The van der Waals surface area contributed by atoms with Crippen molar-refractivity contribution in [2.45, 2.75) is 26.8 Å². The van der Waals surface area contributed by atoms with E-state index in [4.69, 9.17) is 0 Å². The van der Waals surface area contributed by atoms with Gasteiger partial charge in [0.15, 0.2) is 0 Å². The first-order chi connectivity index (χ1) is 10.6. The molecule has 2 aromatic heterocycles. The highest BCUT2D eigenvalue weighted by Crippen LogP contribution is 2.25. The van der Waals surface area contributed by atoms with Crippen LogP contribution in [0.15, 0.2) is 41.9 Å².